The molecule has 1 saturated heterocycles. The molecule has 1 heterocycles. The lowest BCUT2D eigenvalue weighted by atomic mass is 9.79. The molecule has 1 aliphatic heterocycles. The molecular formula is C21H32N2O2S. The Morgan fingerprint density at radius 3 is 2.54 bits per heavy atom. The summed E-state index contributed by atoms with van der Waals surface area (Å²) in [6.45, 7) is 6.52. The van der Waals surface area contributed by atoms with Gasteiger partial charge in [0.15, 0.2) is 0 Å². The van der Waals surface area contributed by atoms with E-state index in [1.807, 2.05) is 0 Å². The van der Waals surface area contributed by atoms with Crippen molar-refractivity contribution >= 4 is 17.7 Å². The summed E-state index contributed by atoms with van der Waals surface area (Å²) < 4.78 is 5.53. The molecular weight excluding hydrogens is 344 g/mol. The third-order valence-corrected chi connectivity index (χ3v) is 6.71. The van der Waals surface area contributed by atoms with Crippen molar-refractivity contribution in [2.45, 2.75) is 50.3 Å². The molecule has 5 heteroatoms. The molecule has 1 aromatic rings. The molecule has 26 heavy (non-hydrogen) atoms. The summed E-state index contributed by atoms with van der Waals surface area (Å²) in [5, 5.41) is 3.24. The van der Waals surface area contributed by atoms with E-state index in [0.717, 1.165) is 38.6 Å². The van der Waals surface area contributed by atoms with E-state index in [2.05, 4.69) is 41.4 Å². The number of carbonyl (C=O) groups is 1. The second-order valence-corrected chi connectivity index (χ2v) is 8.63. The smallest absolute Gasteiger partial charge is 0.230 e. The minimum atomic E-state index is 0.152. The first kappa shape index (κ1) is 19.7. The van der Waals surface area contributed by atoms with Crippen molar-refractivity contribution in [3.63, 3.8) is 0 Å². The van der Waals surface area contributed by atoms with Crippen LogP contribution in [0.2, 0.25) is 0 Å². The van der Waals surface area contributed by atoms with Crippen LogP contribution in [0.4, 0.5) is 0 Å². The Morgan fingerprint density at radius 1 is 1.15 bits per heavy atom. The third kappa shape index (κ3) is 5.48. The zero-order valence-electron chi connectivity index (χ0n) is 16.0. The second-order valence-electron chi connectivity index (χ2n) is 7.64. The van der Waals surface area contributed by atoms with Crippen LogP contribution in [-0.4, -0.2) is 54.9 Å². The molecule has 0 spiro atoms. The van der Waals surface area contributed by atoms with Gasteiger partial charge in [-0.2, -0.15) is 0 Å². The zero-order chi connectivity index (χ0) is 18.2. The third-order valence-electron chi connectivity index (χ3n) is 5.70. The number of rotatable bonds is 7. The predicted molar refractivity (Wildman–Crippen MR) is 109 cm³/mol. The molecule has 1 saturated carbocycles. The highest BCUT2D eigenvalue weighted by atomic mass is 32.2. The summed E-state index contributed by atoms with van der Waals surface area (Å²) in [4.78, 5) is 15.0. The fourth-order valence-corrected chi connectivity index (χ4v) is 4.93. The molecule has 1 N–H and O–H groups in total. The lowest BCUT2D eigenvalue weighted by molar-refractivity contribution is -0.119. The van der Waals surface area contributed by atoms with Crippen LogP contribution in [0.3, 0.4) is 0 Å². The number of thioether (sulfide) groups is 1. The monoisotopic (exact) mass is 376 g/mol. The van der Waals surface area contributed by atoms with E-state index in [1.54, 1.807) is 11.8 Å². The zero-order valence-corrected chi connectivity index (χ0v) is 16.8. The van der Waals surface area contributed by atoms with Crippen LogP contribution in [-0.2, 0) is 15.3 Å². The van der Waals surface area contributed by atoms with Crippen LogP contribution in [0, 0.1) is 6.92 Å². The number of amides is 1. The maximum Gasteiger partial charge on any atom is 0.230 e. The fourth-order valence-electron chi connectivity index (χ4n) is 4.11. The second kappa shape index (κ2) is 9.77. The highest BCUT2D eigenvalue weighted by Gasteiger charge is 2.38. The summed E-state index contributed by atoms with van der Waals surface area (Å²) in [7, 11) is 0. The van der Waals surface area contributed by atoms with Crippen LogP contribution in [0.5, 0.6) is 0 Å². The summed E-state index contributed by atoms with van der Waals surface area (Å²) in [5.41, 5.74) is 2.71. The van der Waals surface area contributed by atoms with E-state index in [4.69, 9.17) is 4.74 Å². The first-order valence-electron chi connectivity index (χ1n) is 9.91. The number of benzene rings is 1. The van der Waals surface area contributed by atoms with E-state index < -0.39 is 0 Å². The number of aryl methyl sites for hydroxylation is 1. The molecule has 1 aliphatic carbocycles. The Bertz CT molecular complexity index is 564. The lowest BCUT2D eigenvalue weighted by Crippen LogP contribution is -2.59. The molecule has 4 nitrogen and oxygen atoms in total. The number of morpholine rings is 1. The van der Waals surface area contributed by atoms with Crippen molar-refractivity contribution in [1.29, 1.82) is 0 Å². The molecule has 2 fully saturated rings. The summed E-state index contributed by atoms with van der Waals surface area (Å²) in [6, 6.07) is 8.56. The SMILES string of the molecule is Cc1ccc(CSCC(=O)NCC2(N3CCOCC3)CCCCC2)cc1. The molecule has 1 aromatic carbocycles. The average Bonchev–Trinajstić information content (AvgIpc) is 2.69. The highest BCUT2D eigenvalue weighted by molar-refractivity contribution is 7.99. The van der Waals surface area contributed by atoms with Crippen molar-refractivity contribution in [2.24, 2.45) is 0 Å². The largest absolute Gasteiger partial charge is 0.379 e. The van der Waals surface area contributed by atoms with Gasteiger partial charge in [-0.25, -0.2) is 0 Å². The van der Waals surface area contributed by atoms with Gasteiger partial charge in [-0.15, -0.1) is 11.8 Å². The highest BCUT2D eigenvalue weighted by Crippen LogP contribution is 2.33. The van der Waals surface area contributed by atoms with Crippen molar-refractivity contribution in [2.75, 3.05) is 38.6 Å². The van der Waals surface area contributed by atoms with E-state index in [9.17, 15) is 4.79 Å². The lowest BCUT2D eigenvalue weighted by Gasteiger charge is -2.48. The Hall–Kier alpha value is -1.04. The first-order valence-corrected chi connectivity index (χ1v) is 11.1. The van der Waals surface area contributed by atoms with E-state index in [1.165, 1.54) is 43.2 Å². The normalized spacial score (nSPS) is 20.7. The maximum absolute atomic E-state index is 12.4. The number of hydrogen-bond donors (Lipinski definition) is 1. The van der Waals surface area contributed by atoms with Crippen molar-refractivity contribution in [3.8, 4) is 0 Å². The summed E-state index contributed by atoms with van der Waals surface area (Å²) >= 11 is 1.70. The molecule has 0 bridgehead atoms. The van der Waals surface area contributed by atoms with Crippen LogP contribution in [0.1, 0.15) is 43.2 Å². The van der Waals surface area contributed by atoms with Gasteiger partial charge < -0.3 is 10.1 Å². The van der Waals surface area contributed by atoms with E-state index in [0.29, 0.717) is 5.75 Å². The Balaban J connectivity index is 1.45. The van der Waals surface area contributed by atoms with Crippen molar-refractivity contribution < 1.29 is 9.53 Å². The topological polar surface area (TPSA) is 41.6 Å². The van der Waals surface area contributed by atoms with Crippen molar-refractivity contribution in [1.82, 2.24) is 10.2 Å². The van der Waals surface area contributed by atoms with E-state index in [-0.39, 0.29) is 11.4 Å². The Kier molecular flexibility index (Phi) is 7.41. The van der Waals surface area contributed by atoms with Gasteiger partial charge in [-0.3, -0.25) is 9.69 Å². The minimum Gasteiger partial charge on any atom is -0.379 e. The average molecular weight is 377 g/mol. The predicted octanol–water partition coefficient (Wildman–Crippen LogP) is 3.38. The number of hydrogen-bond acceptors (Lipinski definition) is 4. The van der Waals surface area contributed by atoms with Gasteiger partial charge in [-0.05, 0) is 25.3 Å². The van der Waals surface area contributed by atoms with Gasteiger partial charge in [0.05, 0.1) is 19.0 Å². The van der Waals surface area contributed by atoms with Crippen LogP contribution in [0.15, 0.2) is 24.3 Å². The molecule has 144 valence electrons. The number of nitrogens with zero attached hydrogens (tertiary/aromatic N) is 1. The number of nitrogens with one attached hydrogen (secondary N) is 1. The quantitative estimate of drug-likeness (QED) is 0.792. The van der Waals surface area contributed by atoms with Gasteiger partial charge >= 0.3 is 0 Å². The van der Waals surface area contributed by atoms with Gasteiger partial charge in [-0.1, -0.05) is 49.1 Å². The standard InChI is InChI=1S/C21H32N2O2S/c1-18-5-7-19(8-6-18)15-26-16-20(24)22-17-21(9-3-2-4-10-21)23-11-13-25-14-12-23/h5-8H,2-4,9-17H2,1H3,(H,22,24). The Morgan fingerprint density at radius 2 is 1.85 bits per heavy atom. The maximum atomic E-state index is 12.4. The van der Waals surface area contributed by atoms with Gasteiger partial charge in [0, 0.05) is 30.9 Å². The number of ether oxygens (including phenoxy) is 1. The summed E-state index contributed by atoms with van der Waals surface area (Å²) in [6.07, 6.45) is 6.27. The van der Waals surface area contributed by atoms with Crippen LogP contribution in [0.25, 0.3) is 0 Å². The van der Waals surface area contributed by atoms with E-state index >= 15 is 0 Å². The van der Waals surface area contributed by atoms with Crippen LogP contribution < -0.4 is 5.32 Å². The molecule has 2 aliphatic rings. The molecule has 1 amide bonds. The first-order chi connectivity index (χ1) is 12.7. The molecule has 0 unspecified atom stereocenters. The molecule has 0 atom stereocenters. The van der Waals surface area contributed by atoms with Gasteiger partial charge in [0.1, 0.15) is 0 Å². The fraction of sp³-hybridized carbons (Fsp3) is 0.667. The van der Waals surface area contributed by atoms with Gasteiger partial charge in [0.2, 0.25) is 5.91 Å². The summed E-state index contributed by atoms with van der Waals surface area (Å²) in [5.74, 6) is 1.59. The van der Waals surface area contributed by atoms with Gasteiger partial charge in [0.25, 0.3) is 0 Å². The Labute approximate surface area is 162 Å². The minimum absolute atomic E-state index is 0.152. The molecule has 0 radical (unpaired) electrons. The molecule has 0 aromatic heterocycles. The van der Waals surface area contributed by atoms with Crippen molar-refractivity contribution in [3.05, 3.63) is 35.4 Å². The number of carbonyl (C=O) groups excluding carboxylic acids is 1. The van der Waals surface area contributed by atoms with Crippen LogP contribution >= 0.6 is 11.8 Å². The molecule has 3 rings (SSSR count).